The average Bonchev–Trinajstić information content (AvgIpc) is 3.05. The topological polar surface area (TPSA) is 155 Å². The molecule has 10 nitrogen and oxygen atoms in total. The molecule has 0 saturated carbocycles. The highest BCUT2D eigenvalue weighted by atomic mass is 32.2. The number of carbonyl (C=O) groups excluding carboxylic acids is 2. The number of aromatic nitrogens is 1. The standard InChI is InChI=1S/C20H22N4O6S/c1-11(25)16-13-10-14(17(20(28)29)24(13)19(16)27)31-9-5-15(26)30-8-7-23-18(21)12-4-2-3-6-22-12/h2-6,9,11,13,16,25H,7-8,10H2,1H3,(H2,21,23)(H,28,29)/b9-5-/t11-,13?,16?/m0/s1. The molecule has 1 aromatic heterocycles. The zero-order chi connectivity index (χ0) is 22.5. The number of ether oxygens (including phenoxy) is 1. The minimum atomic E-state index is -1.22. The number of amidine groups is 1. The lowest BCUT2D eigenvalue weighted by Crippen LogP contribution is -2.61. The molecular formula is C20H22N4O6S. The van der Waals surface area contributed by atoms with Crippen LogP contribution in [-0.4, -0.2) is 69.1 Å². The zero-order valence-electron chi connectivity index (χ0n) is 16.7. The quantitative estimate of drug-likeness (QED) is 0.123. The highest BCUT2D eigenvalue weighted by Gasteiger charge is 2.56. The molecule has 0 aliphatic carbocycles. The molecular weight excluding hydrogens is 424 g/mol. The molecule has 1 fully saturated rings. The van der Waals surface area contributed by atoms with Gasteiger partial charge in [-0.1, -0.05) is 17.8 Å². The van der Waals surface area contributed by atoms with Crippen LogP contribution in [0, 0.1) is 5.92 Å². The molecule has 0 radical (unpaired) electrons. The van der Waals surface area contributed by atoms with Crippen LogP contribution in [0.1, 0.15) is 19.0 Å². The van der Waals surface area contributed by atoms with E-state index in [-0.39, 0.29) is 30.7 Å². The second kappa shape index (κ2) is 9.75. The fourth-order valence-electron chi connectivity index (χ4n) is 3.46. The molecule has 4 N–H and O–H groups in total. The lowest BCUT2D eigenvalue weighted by Gasteiger charge is -2.44. The SMILES string of the molecule is C[C@H](O)C1C(=O)N2C(C(=O)O)=C(S/C=C\C(=O)OCCN=C(N)c3ccccn3)CC12. The van der Waals surface area contributed by atoms with Crippen molar-refractivity contribution in [2.24, 2.45) is 16.6 Å². The van der Waals surface area contributed by atoms with E-state index >= 15 is 0 Å². The zero-order valence-corrected chi connectivity index (χ0v) is 17.5. The second-order valence-corrected chi connectivity index (χ2v) is 7.89. The van der Waals surface area contributed by atoms with Gasteiger partial charge in [0.25, 0.3) is 0 Å². The van der Waals surface area contributed by atoms with E-state index in [9.17, 15) is 24.6 Å². The number of pyridine rings is 1. The number of nitrogens with two attached hydrogens (primary N) is 1. The number of thioether (sulfide) groups is 1. The molecule has 1 amide bonds. The van der Waals surface area contributed by atoms with Gasteiger partial charge in [0.1, 0.15) is 23.8 Å². The van der Waals surface area contributed by atoms with Crippen LogP contribution < -0.4 is 5.73 Å². The van der Waals surface area contributed by atoms with Gasteiger partial charge in [0.2, 0.25) is 5.91 Å². The number of fused-ring (bicyclic) bond motifs is 1. The molecule has 164 valence electrons. The number of aliphatic hydroxyl groups excluding tert-OH is 1. The first-order valence-corrected chi connectivity index (χ1v) is 10.4. The van der Waals surface area contributed by atoms with E-state index in [1.54, 1.807) is 24.4 Å². The first kappa shape index (κ1) is 22.5. The molecule has 11 heteroatoms. The molecule has 1 aromatic rings. The summed E-state index contributed by atoms with van der Waals surface area (Å²) in [6.45, 7) is 1.70. The Morgan fingerprint density at radius 2 is 2.26 bits per heavy atom. The van der Waals surface area contributed by atoms with E-state index in [4.69, 9.17) is 10.5 Å². The fourth-order valence-corrected chi connectivity index (χ4v) is 4.37. The number of rotatable bonds is 9. The summed E-state index contributed by atoms with van der Waals surface area (Å²) in [6, 6.07) is 4.89. The second-order valence-electron chi connectivity index (χ2n) is 6.89. The maximum absolute atomic E-state index is 12.2. The summed E-state index contributed by atoms with van der Waals surface area (Å²) in [5.74, 6) is -2.60. The van der Waals surface area contributed by atoms with Crippen molar-refractivity contribution < 1.29 is 29.3 Å². The molecule has 3 heterocycles. The maximum Gasteiger partial charge on any atom is 0.353 e. The van der Waals surface area contributed by atoms with Gasteiger partial charge in [-0.3, -0.25) is 14.8 Å². The highest BCUT2D eigenvalue weighted by Crippen LogP contribution is 2.47. The van der Waals surface area contributed by atoms with Crippen molar-refractivity contribution >= 4 is 35.4 Å². The van der Waals surface area contributed by atoms with Crippen molar-refractivity contribution in [2.75, 3.05) is 13.2 Å². The Hall–Kier alpha value is -3.18. The molecule has 0 bridgehead atoms. The molecule has 1 saturated heterocycles. The molecule has 2 aliphatic rings. The molecule has 0 spiro atoms. The number of carboxylic acids is 1. The Kier molecular flexibility index (Phi) is 7.08. The number of amides is 1. The van der Waals surface area contributed by atoms with Crippen LogP contribution in [0.25, 0.3) is 0 Å². The van der Waals surface area contributed by atoms with Gasteiger partial charge in [0.05, 0.1) is 24.6 Å². The summed E-state index contributed by atoms with van der Waals surface area (Å²) in [5.41, 5.74) is 6.23. The molecule has 3 atom stereocenters. The summed E-state index contributed by atoms with van der Waals surface area (Å²) in [4.78, 5) is 45.4. The van der Waals surface area contributed by atoms with Crippen LogP contribution in [0.5, 0.6) is 0 Å². The monoisotopic (exact) mass is 446 g/mol. The number of nitrogens with zero attached hydrogens (tertiary/aromatic N) is 3. The van der Waals surface area contributed by atoms with Crippen molar-refractivity contribution in [1.29, 1.82) is 0 Å². The highest BCUT2D eigenvalue weighted by molar-refractivity contribution is 8.05. The van der Waals surface area contributed by atoms with Crippen molar-refractivity contribution in [2.45, 2.75) is 25.5 Å². The number of hydrogen-bond acceptors (Lipinski definition) is 8. The maximum atomic E-state index is 12.2. The first-order chi connectivity index (χ1) is 14.8. The Morgan fingerprint density at radius 1 is 1.48 bits per heavy atom. The predicted octanol–water partition coefficient (Wildman–Crippen LogP) is 0.485. The number of aliphatic hydroxyl groups is 1. The number of β-lactam (4-membered cyclic amide) rings is 1. The minimum absolute atomic E-state index is 0.0187. The number of aliphatic carboxylic acids is 1. The fraction of sp³-hybridized carbons (Fsp3) is 0.350. The number of aliphatic imine (C=N–C) groups is 1. The van der Waals surface area contributed by atoms with Gasteiger partial charge in [-0.15, -0.1) is 0 Å². The van der Waals surface area contributed by atoms with E-state index in [2.05, 4.69) is 9.98 Å². The molecule has 31 heavy (non-hydrogen) atoms. The molecule has 2 aliphatic heterocycles. The van der Waals surface area contributed by atoms with Crippen LogP contribution in [0.3, 0.4) is 0 Å². The lowest BCUT2D eigenvalue weighted by atomic mass is 9.83. The summed E-state index contributed by atoms with van der Waals surface area (Å²) >= 11 is 1.04. The third kappa shape index (κ3) is 4.94. The van der Waals surface area contributed by atoms with Crippen LogP contribution in [-0.2, 0) is 19.1 Å². The van der Waals surface area contributed by atoms with E-state index in [1.807, 2.05) is 0 Å². The van der Waals surface area contributed by atoms with Gasteiger partial charge in [-0.05, 0) is 24.5 Å². The smallest absolute Gasteiger partial charge is 0.353 e. The van der Waals surface area contributed by atoms with Crippen LogP contribution in [0.4, 0.5) is 0 Å². The van der Waals surface area contributed by atoms with E-state index in [0.29, 0.717) is 17.0 Å². The normalized spacial score (nSPS) is 21.8. The Morgan fingerprint density at radius 3 is 2.90 bits per heavy atom. The van der Waals surface area contributed by atoms with Gasteiger partial charge in [0, 0.05) is 23.6 Å². The van der Waals surface area contributed by atoms with E-state index in [0.717, 1.165) is 11.8 Å². The van der Waals surface area contributed by atoms with Gasteiger partial charge >= 0.3 is 11.9 Å². The Balaban J connectivity index is 1.49. The van der Waals surface area contributed by atoms with Crippen molar-refractivity contribution in [3.63, 3.8) is 0 Å². The first-order valence-electron chi connectivity index (χ1n) is 9.50. The molecule has 0 aromatic carbocycles. The summed E-state index contributed by atoms with van der Waals surface area (Å²) < 4.78 is 5.04. The van der Waals surface area contributed by atoms with E-state index < -0.39 is 29.9 Å². The van der Waals surface area contributed by atoms with E-state index in [1.165, 1.54) is 23.3 Å². The third-order valence-corrected chi connectivity index (χ3v) is 5.77. The Bertz CT molecular complexity index is 960. The van der Waals surface area contributed by atoms with Crippen LogP contribution >= 0.6 is 11.8 Å². The molecule has 3 rings (SSSR count). The van der Waals surface area contributed by atoms with Crippen molar-refractivity contribution in [1.82, 2.24) is 9.88 Å². The summed E-state index contributed by atoms with van der Waals surface area (Å²) in [7, 11) is 0. The van der Waals surface area contributed by atoms with Gasteiger partial charge in [-0.2, -0.15) is 0 Å². The molecule has 2 unspecified atom stereocenters. The number of hydrogen-bond donors (Lipinski definition) is 3. The van der Waals surface area contributed by atoms with Crippen LogP contribution in [0.15, 0.2) is 51.5 Å². The largest absolute Gasteiger partial charge is 0.477 e. The number of carbonyl (C=O) groups is 3. The van der Waals surface area contributed by atoms with Gasteiger partial charge < -0.3 is 25.6 Å². The average molecular weight is 446 g/mol. The van der Waals surface area contributed by atoms with Crippen molar-refractivity contribution in [3.8, 4) is 0 Å². The Labute approximate surface area is 182 Å². The summed E-state index contributed by atoms with van der Waals surface area (Å²) in [5, 5.41) is 20.6. The van der Waals surface area contributed by atoms with Gasteiger partial charge in [-0.25, -0.2) is 9.59 Å². The lowest BCUT2D eigenvalue weighted by molar-refractivity contribution is -0.161. The van der Waals surface area contributed by atoms with Crippen LogP contribution in [0.2, 0.25) is 0 Å². The number of esters is 1. The number of carboxylic acid groups (broad SMARTS) is 1. The third-order valence-electron chi connectivity index (χ3n) is 4.85. The van der Waals surface area contributed by atoms with Crippen molar-refractivity contribution in [3.05, 3.63) is 52.2 Å². The summed E-state index contributed by atoms with van der Waals surface area (Å²) in [6.07, 6.45) is 2.23. The predicted molar refractivity (Wildman–Crippen MR) is 113 cm³/mol. The minimum Gasteiger partial charge on any atom is -0.477 e. The van der Waals surface area contributed by atoms with Gasteiger partial charge in [0.15, 0.2) is 0 Å².